The van der Waals surface area contributed by atoms with Crippen LogP contribution in [0.5, 0.6) is 0 Å². The van der Waals surface area contributed by atoms with Crippen LogP contribution in [0, 0.1) is 0 Å². The molecule has 0 N–H and O–H groups in total. The van der Waals surface area contributed by atoms with Gasteiger partial charge in [-0.3, -0.25) is 9.56 Å². The number of hydrogen-bond acceptors (Lipinski definition) is 4. The molecule has 0 aliphatic heterocycles. The van der Waals surface area contributed by atoms with Crippen LogP contribution in [-0.4, -0.2) is 22.9 Å². The van der Waals surface area contributed by atoms with E-state index >= 15 is 0 Å². The monoisotopic (exact) mass is 236 g/mol. The van der Waals surface area contributed by atoms with Crippen molar-refractivity contribution in [3.8, 4) is 0 Å². The minimum Gasteiger partial charge on any atom is -0.408 e. The molecule has 0 unspecified atom stereocenters. The summed E-state index contributed by atoms with van der Waals surface area (Å²) in [6, 6.07) is 5.62. The maximum Gasteiger partial charge on any atom is 0.419 e. The number of thioether (sulfide) groups is 1. The standard InChI is InChI=1S/C11H12N2O2S/c1-12-10(16-3)7-4-5-9-8(6-7)13(2)11(14)15-9/h4-6H,1-3H3. The molecule has 0 aliphatic rings. The van der Waals surface area contributed by atoms with E-state index in [-0.39, 0.29) is 5.76 Å². The van der Waals surface area contributed by atoms with Crippen molar-refractivity contribution in [2.45, 2.75) is 0 Å². The van der Waals surface area contributed by atoms with Crippen LogP contribution in [0.15, 0.2) is 32.4 Å². The Hall–Kier alpha value is -1.49. The summed E-state index contributed by atoms with van der Waals surface area (Å²) >= 11 is 1.58. The molecule has 0 fully saturated rings. The van der Waals surface area contributed by atoms with Gasteiger partial charge in [0.1, 0.15) is 0 Å². The summed E-state index contributed by atoms with van der Waals surface area (Å²) in [4.78, 5) is 15.5. The number of aliphatic imine (C=N–C) groups is 1. The van der Waals surface area contributed by atoms with Crippen molar-refractivity contribution < 1.29 is 4.42 Å². The fourth-order valence-electron chi connectivity index (χ4n) is 1.60. The normalized spacial score (nSPS) is 12.3. The van der Waals surface area contributed by atoms with Gasteiger partial charge in [0.05, 0.1) is 10.6 Å². The molecule has 16 heavy (non-hydrogen) atoms. The quantitative estimate of drug-likeness (QED) is 0.561. The Balaban J connectivity index is 2.68. The largest absolute Gasteiger partial charge is 0.419 e. The van der Waals surface area contributed by atoms with Crippen molar-refractivity contribution in [1.82, 2.24) is 4.57 Å². The molecule has 0 bridgehead atoms. The van der Waals surface area contributed by atoms with Crippen molar-refractivity contribution in [2.24, 2.45) is 12.0 Å². The summed E-state index contributed by atoms with van der Waals surface area (Å²) in [5.74, 6) is -0.341. The van der Waals surface area contributed by atoms with Gasteiger partial charge < -0.3 is 4.42 Å². The van der Waals surface area contributed by atoms with Crippen LogP contribution >= 0.6 is 11.8 Å². The minimum absolute atomic E-state index is 0.341. The summed E-state index contributed by atoms with van der Waals surface area (Å²) in [7, 11) is 3.45. The number of nitrogens with zero attached hydrogens (tertiary/aromatic N) is 2. The molecule has 2 rings (SSSR count). The van der Waals surface area contributed by atoms with E-state index in [9.17, 15) is 4.79 Å². The molecule has 0 amide bonds. The van der Waals surface area contributed by atoms with Crippen molar-refractivity contribution in [3.63, 3.8) is 0 Å². The van der Waals surface area contributed by atoms with Gasteiger partial charge in [0.2, 0.25) is 0 Å². The zero-order valence-corrected chi connectivity index (χ0v) is 10.2. The fraction of sp³-hybridized carbons (Fsp3) is 0.273. The van der Waals surface area contributed by atoms with Gasteiger partial charge in [-0.25, -0.2) is 4.79 Å². The highest BCUT2D eigenvalue weighted by atomic mass is 32.2. The number of fused-ring (bicyclic) bond motifs is 1. The second-order valence-electron chi connectivity index (χ2n) is 3.34. The molecule has 0 radical (unpaired) electrons. The summed E-state index contributed by atoms with van der Waals surface area (Å²) in [5, 5.41) is 0.940. The van der Waals surface area contributed by atoms with Gasteiger partial charge in [-0.15, -0.1) is 11.8 Å². The van der Waals surface area contributed by atoms with Gasteiger partial charge in [-0.1, -0.05) is 0 Å². The Morgan fingerprint density at radius 1 is 1.50 bits per heavy atom. The van der Waals surface area contributed by atoms with Crippen LogP contribution in [0.2, 0.25) is 0 Å². The van der Waals surface area contributed by atoms with Crippen molar-refractivity contribution in [2.75, 3.05) is 13.3 Å². The molecule has 0 saturated carbocycles. The number of aryl methyl sites for hydroxylation is 1. The van der Waals surface area contributed by atoms with Gasteiger partial charge in [-0.05, 0) is 24.5 Å². The van der Waals surface area contributed by atoms with E-state index in [0.29, 0.717) is 5.58 Å². The van der Waals surface area contributed by atoms with Crippen molar-refractivity contribution in [1.29, 1.82) is 0 Å². The molecule has 1 aromatic carbocycles. The lowest BCUT2D eigenvalue weighted by molar-refractivity contribution is 0.528. The zero-order valence-electron chi connectivity index (χ0n) is 9.35. The molecular formula is C11H12N2O2S. The minimum atomic E-state index is -0.341. The highest BCUT2D eigenvalue weighted by molar-refractivity contribution is 8.13. The van der Waals surface area contributed by atoms with E-state index in [4.69, 9.17) is 4.42 Å². The molecule has 5 heteroatoms. The lowest BCUT2D eigenvalue weighted by Gasteiger charge is -2.02. The first kappa shape index (κ1) is 11.0. The summed E-state index contributed by atoms with van der Waals surface area (Å²) in [5.41, 5.74) is 2.39. The van der Waals surface area contributed by atoms with Gasteiger partial charge >= 0.3 is 5.76 Å². The first-order valence-corrected chi connectivity index (χ1v) is 6.00. The molecule has 0 aliphatic carbocycles. The van der Waals surface area contributed by atoms with Crippen LogP contribution in [0.3, 0.4) is 0 Å². The van der Waals surface area contributed by atoms with Crippen LogP contribution in [0.4, 0.5) is 0 Å². The fourth-order valence-corrected chi connectivity index (χ4v) is 2.14. The van der Waals surface area contributed by atoms with Crippen molar-refractivity contribution >= 4 is 27.9 Å². The molecular weight excluding hydrogens is 224 g/mol. The molecule has 1 aromatic heterocycles. The first-order chi connectivity index (χ1) is 7.67. The first-order valence-electron chi connectivity index (χ1n) is 4.78. The third-order valence-corrected chi connectivity index (χ3v) is 3.24. The van der Waals surface area contributed by atoms with Gasteiger partial charge in [-0.2, -0.15) is 0 Å². The molecule has 4 nitrogen and oxygen atoms in total. The number of rotatable bonds is 1. The van der Waals surface area contributed by atoms with Crippen LogP contribution in [0.1, 0.15) is 5.56 Å². The highest BCUT2D eigenvalue weighted by Gasteiger charge is 2.08. The van der Waals surface area contributed by atoms with E-state index in [1.807, 2.05) is 18.4 Å². The molecule has 1 heterocycles. The molecule has 0 saturated heterocycles. The van der Waals surface area contributed by atoms with Crippen molar-refractivity contribution in [3.05, 3.63) is 34.3 Å². The smallest absolute Gasteiger partial charge is 0.408 e. The number of oxazole rings is 1. The molecule has 84 valence electrons. The lowest BCUT2D eigenvalue weighted by Crippen LogP contribution is -2.08. The van der Waals surface area contributed by atoms with Crippen LogP contribution in [-0.2, 0) is 7.05 Å². The third-order valence-electron chi connectivity index (χ3n) is 2.43. The predicted octanol–water partition coefficient (Wildman–Crippen LogP) is 1.87. The number of aromatic nitrogens is 1. The molecule has 0 spiro atoms. The Kier molecular flexibility index (Phi) is 2.87. The Morgan fingerprint density at radius 2 is 2.25 bits per heavy atom. The van der Waals surface area contributed by atoms with E-state index in [1.165, 1.54) is 4.57 Å². The summed E-state index contributed by atoms with van der Waals surface area (Å²) in [6.45, 7) is 0. The lowest BCUT2D eigenvalue weighted by atomic mass is 10.2. The van der Waals surface area contributed by atoms with E-state index in [1.54, 1.807) is 31.9 Å². The number of hydrogen-bond donors (Lipinski definition) is 0. The summed E-state index contributed by atoms with van der Waals surface area (Å²) in [6.07, 6.45) is 1.97. The van der Waals surface area contributed by atoms with Gasteiger partial charge in [0.25, 0.3) is 0 Å². The van der Waals surface area contributed by atoms with Gasteiger partial charge in [0.15, 0.2) is 5.58 Å². The number of benzene rings is 1. The van der Waals surface area contributed by atoms with Gasteiger partial charge in [0, 0.05) is 19.7 Å². The van der Waals surface area contributed by atoms with Crippen LogP contribution < -0.4 is 5.76 Å². The average Bonchev–Trinajstić information content (AvgIpc) is 2.57. The highest BCUT2D eigenvalue weighted by Crippen LogP contribution is 2.18. The maximum absolute atomic E-state index is 11.3. The van der Waals surface area contributed by atoms with E-state index < -0.39 is 0 Å². The maximum atomic E-state index is 11.3. The molecule has 0 atom stereocenters. The second kappa shape index (κ2) is 4.17. The topological polar surface area (TPSA) is 47.5 Å². The SMILES string of the molecule is CN=C(SC)c1ccc2oc(=O)n(C)c2c1. The summed E-state index contributed by atoms with van der Waals surface area (Å²) < 4.78 is 6.55. The second-order valence-corrected chi connectivity index (χ2v) is 4.14. The van der Waals surface area contributed by atoms with E-state index in [0.717, 1.165) is 16.1 Å². The third kappa shape index (κ3) is 1.67. The Morgan fingerprint density at radius 3 is 2.88 bits per heavy atom. The Bertz CT molecular complexity index is 610. The zero-order chi connectivity index (χ0) is 11.7. The Labute approximate surface area is 97.0 Å². The van der Waals surface area contributed by atoms with Crippen LogP contribution in [0.25, 0.3) is 11.1 Å². The van der Waals surface area contributed by atoms with E-state index in [2.05, 4.69) is 4.99 Å². The average molecular weight is 236 g/mol. The molecule has 2 aromatic rings. The predicted molar refractivity (Wildman–Crippen MR) is 67.4 cm³/mol.